The van der Waals surface area contributed by atoms with Gasteiger partial charge in [0.05, 0.1) is 18.0 Å². The number of aryl methyl sites for hydroxylation is 1. The summed E-state index contributed by atoms with van der Waals surface area (Å²) in [4.78, 5) is 24.5. The normalized spacial score (nSPS) is 15.9. The Morgan fingerprint density at radius 1 is 1.06 bits per heavy atom. The number of aliphatic hydroxyl groups excluding tert-OH is 2. The molecule has 3 aromatic heterocycles. The number of nitrogens with two attached hydrogens (primary N) is 1. The van der Waals surface area contributed by atoms with E-state index >= 15 is 0 Å². The summed E-state index contributed by atoms with van der Waals surface area (Å²) < 4.78 is 2.03. The molecule has 1 aliphatic heterocycles. The van der Waals surface area contributed by atoms with Gasteiger partial charge in [-0.15, -0.1) is 0 Å². The summed E-state index contributed by atoms with van der Waals surface area (Å²) in [5.74, 6) is 1.45. The van der Waals surface area contributed by atoms with Crippen molar-refractivity contribution in [2.45, 2.75) is 63.8 Å². The second kappa shape index (κ2) is 10.8. The Balaban J connectivity index is 1.55. The third-order valence-corrected chi connectivity index (χ3v) is 5.92. The van der Waals surface area contributed by atoms with Gasteiger partial charge < -0.3 is 30.6 Å². The lowest BCUT2D eigenvalue weighted by Gasteiger charge is -2.30. The molecular formula is C21H31N9O3. The SMILES string of the molecule is Nc1ncc(-c2nc(N3CCC(O)CC3)c3ncn(CCCCCCC(O)NO)c3n2)cn1. The van der Waals surface area contributed by atoms with Crippen LogP contribution < -0.4 is 16.1 Å². The molecule has 178 valence electrons. The molecule has 1 unspecified atom stereocenters. The number of rotatable bonds is 10. The number of aliphatic hydroxyl groups is 2. The molecular weight excluding hydrogens is 426 g/mol. The van der Waals surface area contributed by atoms with Gasteiger partial charge in [-0.25, -0.2) is 24.9 Å². The van der Waals surface area contributed by atoms with Crippen LogP contribution in [-0.2, 0) is 6.54 Å². The number of aromatic nitrogens is 6. The zero-order valence-corrected chi connectivity index (χ0v) is 18.5. The molecule has 0 spiro atoms. The maximum Gasteiger partial charge on any atom is 0.219 e. The Morgan fingerprint density at radius 3 is 2.52 bits per heavy atom. The van der Waals surface area contributed by atoms with E-state index < -0.39 is 6.23 Å². The number of fused-ring (bicyclic) bond motifs is 1. The maximum absolute atomic E-state index is 9.92. The second-order valence-corrected chi connectivity index (χ2v) is 8.38. The first-order valence-corrected chi connectivity index (χ1v) is 11.4. The van der Waals surface area contributed by atoms with Crippen molar-refractivity contribution >= 4 is 22.9 Å². The van der Waals surface area contributed by atoms with E-state index in [0.29, 0.717) is 43.7 Å². The lowest BCUT2D eigenvalue weighted by atomic mass is 10.1. The fourth-order valence-corrected chi connectivity index (χ4v) is 4.01. The highest BCUT2D eigenvalue weighted by atomic mass is 16.5. The summed E-state index contributed by atoms with van der Waals surface area (Å²) in [5.41, 5.74) is 9.65. The molecule has 12 nitrogen and oxygen atoms in total. The van der Waals surface area contributed by atoms with Crippen LogP contribution in [-0.4, -0.2) is 70.3 Å². The molecule has 1 saturated heterocycles. The van der Waals surface area contributed by atoms with Crippen LogP contribution in [0.1, 0.15) is 44.9 Å². The molecule has 3 aromatic rings. The molecule has 0 radical (unpaired) electrons. The average molecular weight is 458 g/mol. The molecule has 4 rings (SSSR count). The standard InChI is InChI=1S/C21H31N9O3/c22-21-23-11-14(12-24-21)18-26-19(29-9-6-15(31)7-10-29)17-20(27-18)30(13-25-17)8-4-2-1-3-5-16(32)28-33/h11-13,15-16,28,31-33H,1-10H2,(H2,22,23,24). The Morgan fingerprint density at radius 2 is 1.79 bits per heavy atom. The first kappa shape index (κ1) is 23.2. The summed E-state index contributed by atoms with van der Waals surface area (Å²) in [5, 5.41) is 27.9. The van der Waals surface area contributed by atoms with Gasteiger partial charge in [0.2, 0.25) is 5.95 Å². The van der Waals surface area contributed by atoms with Gasteiger partial charge in [0.25, 0.3) is 0 Å². The van der Waals surface area contributed by atoms with E-state index in [-0.39, 0.29) is 12.1 Å². The zero-order chi connectivity index (χ0) is 23.2. The van der Waals surface area contributed by atoms with E-state index in [9.17, 15) is 10.2 Å². The van der Waals surface area contributed by atoms with Crippen molar-refractivity contribution in [1.29, 1.82) is 0 Å². The van der Waals surface area contributed by atoms with Gasteiger partial charge in [-0.2, -0.15) is 5.48 Å². The highest BCUT2D eigenvalue weighted by molar-refractivity contribution is 5.85. The largest absolute Gasteiger partial charge is 0.393 e. The van der Waals surface area contributed by atoms with Crippen LogP contribution in [0.3, 0.4) is 0 Å². The van der Waals surface area contributed by atoms with Crippen LogP contribution in [0.4, 0.5) is 11.8 Å². The van der Waals surface area contributed by atoms with E-state index in [2.05, 4.69) is 19.9 Å². The molecule has 0 amide bonds. The molecule has 0 bridgehead atoms. The van der Waals surface area contributed by atoms with Crippen LogP contribution in [0.15, 0.2) is 18.7 Å². The smallest absolute Gasteiger partial charge is 0.219 e. The molecule has 0 saturated carbocycles. The van der Waals surface area contributed by atoms with Gasteiger partial charge in [-0.3, -0.25) is 0 Å². The molecule has 33 heavy (non-hydrogen) atoms. The van der Waals surface area contributed by atoms with Crippen LogP contribution >= 0.6 is 0 Å². The van der Waals surface area contributed by atoms with Crippen molar-refractivity contribution in [1.82, 2.24) is 35.0 Å². The number of nitrogen functional groups attached to an aromatic ring is 1. The van der Waals surface area contributed by atoms with E-state index in [1.54, 1.807) is 18.7 Å². The number of hydroxylamine groups is 1. The summed E-state index contributed by atoms with van der Waals surface area (Å²) in [6.07, 6.45) is 9.46. The molecule has 12 heteroatoms. The van der Waals surface area contributed by atoms with Gasteiger partial charge in [0.15, 0.2) is 22.8 Å². The maximum atomic E-state index is 9.92. The monoisotopic (exact) mass is 457 g/mol. The van der Waals surface area contributed by atoms with Crippen molar-refractivity contribution in [2.75, 3.05) is 23.7 Å². The van der Waals surface area contributed by atoms with E-state index in [1.165, 1.54) is 0 Å². The van der Waals surface area contributed by atoms with Crippen molar-refractivity contribution in [3.8, 4) is 11.4 Å². The van der Waals surface area contributed by atoms with E-state index in [4.69, 9.17) is 20.9 Å². The summed E-state index contributed by atoms with van der Waals surface area (Å²) >= 11 is 0. The van der Waals surface area contributed by atoms with Crippen molar-refractivity contribution in [2.24, 2.45) is 0 Å². The molecule has 0 aromatic carbocycles. The van der Waals surface area contributed by atoms with E-state index in [0.717, 1.165) is 49.2 Å². The first-order chi connectivity index (χ1) is 16.0. The molecule has 4 heterocycles. The minimum absolute atomic E-state index is 0.192. The van der Waals surface area contributed by atoms with Crippen LogP contribution in [0.25, 0.3) is 22.6 Å². The third-order valence-electron chi connectivity index (χ3n) is 5.92. The number of piperidine rings is 1. The van der Waals surface area contributed by atoms with Crippen molar-refractivity contribution in [3.05, 3.63) is 18.7 Å². The number of unbranched alkanes of at least 4 members (excludes halogenated alkanes) is 3. The zero-order valence-electron chi connectivity index (χ0n) is 18.5. The first-order valence-electron chi connectivity index (χ1n) is 11.4. The average Bonchev–Trinajstić information content (AvgIpc) is 3.24. The number of hydrogen-bond donors (Lipinski definition) is 5. The Hall–Kier alpha value is -2.93. The van der Waals surface area contributed by atoms with E-state index in [1.807, 2.05) is 10.0 Å². The summed E-state index contributed by atoms with van der Waals surface area (Å²) in [7, 11) is 0. The fourth-order valence-electron chi connectivity index (χ4n) is 4.01. The fraction of sp³-hybridized carbons (Fsp3) is 0.571. The highest BCUT2D eigenvalue weighted by Gasteiger charge is 2.23. The number of imidazole rings is 1. The third kappa shape index (κ3) is 5.71. The van der Waals surface area contributed by atoms with Crippen molar-refractivity contribution < 1.29 is 15.4 Å². The molecule has 1 atom stereocenters. The Kier molecular flexibility index (Phi) is 7.60. The van der Waals surface area contributed by atoms with Crippen molar-refractivity contribution in [3.63, 3.8) is 0 Å². The highest BCUT2D eigenvalue weighted by Crippen LogP contribution is 2.28. The molecule has 1 aliphatic rings. The van der Waals surface area contributed by atoms with Crippen LogP contribution in [0.2, 0.25) is 0 Å². The minimum Gasteiger partial charge on any atom is -0.393 e. The summed E-state index contributed by atoms with van der Waals surface area (Å²) in [6.45, 7) is 2.16. The van der Waals surface area contributed by atoms with Crippen LogP contribution in [0, 0.1) is 0 Å². The lowest BCUT2D eigenvalue weighted by molar-refractivity contribution is -0.00394. The Bertz CT molecular complexity index is 1040. The number of nitrogens with one attached hydrogen (secondary N) is 1. The predicted octanol–water partition coefficient (Wildman–Crippen LogP) is 1.07. The van der Waals surface area contributed by atoms with Crippen LogP contribution in [0.5, 0.6) is 0 Å². The number of hydrogen-bond acceptors (Lipinski definition) is 11. The quantitative estimate of drug-likeness (QED) is 0.167. The van der Waals surface area contributed by atoms with Gasteiger partial charge in [0.1, 0.15) is 6.23 Å². The molecule has 6 N–H and O–H groups in total. The molecule has 1 fully saturated rings. The minimum atomic E-state index is -0.871. The van der Waals surface area contributed by atoms with Gasteiger partial charge in [0, 0.05) is 32.0 Å². The van der Waals surface area contributed by atoms with Gasteiger partial charge >= 0.3 is 0 Å². The van der Waals surface area contributed by atoms with Gasteiger partial charge in [-0.05, 0) is 32.1 Å². The number of nitrogens with zero attached hydrogens (tertiary/aromatic N) is 7. The predicted molar refractivity (Wildman–Crippen MR) is 122 cm³/mol. The Labute approximate surface area is 191 Å². The second-order valence-electron chi connectivity index (χ2n) is 8.38. The van der Waals surface area contributed by atoms with Gasteiger partial charge in [-0.1, -0.05) is 12.8 Å². The topological polar surface area (TPSA) is 171 Å². The summed E-state index contributed by atoms with van der Waals surface area (Å²) in [6, 6.07) is 0. The lowest BCUT2D eigenvalue weighted by Crippen LogP contribution is -2.36. The number of anilines is 2. The molecule has 0 aliphatic carbocycles.